The van der Waals surface area contributed by atoms with Crippen molar-refractivity contribution >= 4 is 21.8 Å². The van der Waals surface area contributed by atoms with Gasteiger partial charge in [-0.05, 0) is 31.0 Å². The summed E-state index contributed by atoms with van der Waals surface area (Å²) < 4.78 is 29.3. The zero-order valence-corrected chi connectivity index (χ0v) is 10.5. The van der Waals surface area contributed by atoms with Crippen molar-refractivity contribution in [2.75, 3.05) is 10.9 Å². The topological polar surface area (TPSA) is 63.7 Å². The van der Waals surface area contributed by atoms with E-state index >= 15 is 0 Å². The highest BCUT2D eigenvalue weighted by Crippen LogP contribution is 2.35. The summed E-state index contributed by atoms with van der Waals surface area (Å²) in [5.74, 6) is -0.145. The Hall–Kier alpha value is -1.56. The van der Waals surface area contributed by atoms with E-state index in [0.29, 0.717) is 11.3 Å². The molecule has 0 aliphatic carbocycles. The number of aryl methyl sites for hydroxylation is 1. The van der Waals surface area contributed by atoms with E-state index in [9.17, 15) is 13.2 Å². The molecule has 2 rings (SSSR count). The van der Waals surface area contributed by atoms with Crippen LogP contribution in [0.5, 0.6) is 0 Å². The van der Waals surface area contributed by atoms with Crippen LogP contribution in [0.25, 0.3) is 0 Å². The summed E-state index contributed by atoms with van der Waals surface area (Å²) in [5.41, 5.74) is 1.93. The quantitative estimate of drug-likeness (QED) is 0.767. The molecule has 0 radical (unpaired) electrons. The van der Waals surface area contributed by atoms with Crippen molar-refractivity contribution in [2.45, 2.75) is 19.6 Å². The van der Waals surface area contributed by atoms with Crippen LogP contribution in [0.2, 0.25) is 0 Å². The van der Waals surface area contributed by atoms with Gasteiger partial charge in [0, 0.05) is 0 Å². The van der Waals surface area contributed by atoms with E-state index in [2.05, 4.69) is 0 Å². The molecule has 1 heterocycles. The van der Waals surface area contributed by atoms with E-state index in [1.165, 1.54) is 0 Å². The van der Waals surface area contributed by atoms with Crippen molar-refractivity contribution in [3.8, 4) is 0 Å². The third-order valence-corrected chi connectivity index (χ3v) is 4.20. The molecule has 1 aliphatic rings. The maximum Gasteiger partial charge on any atom is 0.428 e. The minimum absolute atomic E-state index is 0.145. The maximum atomic E-state index is 11.9. The minimum atomic E-state index is -3.63. The first kappa shape index (κ1) is 11.9. The molecule has 17 heavy (non-hydrogen) atoms. The van der Waals surface area contributed by atoms with Crippen molar-refractivity contribution in [1.82, 2.24) is 0 Å². The molecule has 5 nitrogen and oxygen atoms in total. The first-order chi connectivity index (χ1) is 7.97. The SMILES string of the molecule is CCOC(=O)N1c2cccc(C)c2CS1(=O)=O. The van der Waals surface area contributed by atoms with Crippen LogP contribution in [0.4, 0.5) is 10.5 Å². The molecular weight excluding hydrogens is 242 g/mol. The lowest BCUT2D eigenvalue weighted by Crippen LogP contribution is -2.34. The number of ether oxygens (including phenoxy) is 1. The van der Waals surface area contributed by atoms with Gasteiger partial charge >= 0.3 is 6.09 Å². The zero-order chi connectivity index (χ0) is 12.6. The molecule has 0 spiro atoms. The first-order valence-corrected chi connectivity index (χ1v) is 6.86. The van der Waals surface area contributed by atoms with E-state index < -0.39 is 16.1 Å². The Kier molecular flexibility index (Phi) is 2.82. The van der Waals surface area contributed by atoms with Gasteiger partial charge < -0.3 is 4.74 Å². The summed E-state index contributed by atoms with van der Waals surface area (Å²) in [4.78, 5) is 11.7. The van der Waals surface area contributed by atoms with Crippen molar-refractivity contribution in [3.63, 3.8) is 0 Å². The van der Waals surface area contributed by atoms with Gasteiger partial charge in [-0.2, -0.15) is 4.31 Å². The van der Waals surface area contributed by atoms with Crippen molar-refractivity contribution in [2.24, 2.45) is 0 Å². The van der Waals surface area contributed by atoms with Crippen molar-refractivity contribution < 1.29 is 17.9 Å². The Morgan fingerprint density at radius 1 is 1.47 bits per heavy atom. The van der Waals surface area contributed by atoms with Crippen LogP contribution in [0, 0.1) is 6.92 Å². The van der Waals surface area contributed by atoms with Crippen LogP contribution in [0.1, 0.15) is 18.1 Å². The molecule has 0 bridgehead atoms. The molecule has 0 fully saturated rings. The lowest BCUT2D eigenvalue weighted by molar-refractivity contribution is 0.164. The fraction of sp³-hybridized carbons (Fsp3) is 0.364. The van der Waals surface area contributed by atoms with Gasteiger partial charge in [-0.15, -0.1) is 0 Å². The minimum Gasteiger partial charge on any atom is -0.449 e. The molecule has 92 valence electrons. The lowest BCUT2D eigenvalue weighted by Gasteiger charge is -2.15. The predicted octanol–water partition coefficient (Wildman–Crippen LogP) is 1.80. The number of fused-ring (bicyclic) bond motifs is 1. The average Bonchev–Trinajstić information content (AvgIpc) is 2.50. The van der Waals surface area contributed by atoms with E-state index in [4.69, 9.17) is 4.74 Å². The second-order valence-electron chi connectivity index (χ2n) is 3.79. The molecule has 1 amide bonds. The lowest BCUT2D eigenvalue weighted by atomic mass is 10.1. The molecule has 0 aromatic heterocycles. The molecule has 0 atom stereocenters. The van der Waals surface area contributed by atoms with Crippen LogP contribution in [-0.4, -0.2) is 21.1 Å². The number of amides is 1. The number of hydrogen-bond donors (Lipinski definition) is 0. The number of hydrogen-bond acceptors (Lipinski definition) is 4. The Bertz CT molecular complexity index is 565. The highest BCUT2D eigenvalue weighted by molar-refractivity contribution is 7.93. The maximum absolute atomic E-state index is 11.9. The number of carbonyl (C=O) groups is 1. The predicted molar refractivity (Wildman–Crippen MR) is 63.3 cm³/mol. The van der Waals surface area contributed by atoms with Crippen LogP contribution in [0.3, 0.4) is 0 Å². The second-order valence-corrected chi connectivity index (χ2v) is 5.61. The smallest absolute Gasteiger partial charge is 0.428 e. The summed E-state index contributed by atoms with van der Waals surface area (Å²) >= 11 is 0. The highest BCUT2D eigenvalue weighted by atomic mass is 32.2. The zero-order valence-electron chi connectivity index (χ0n) is 9.63. The largest absolute Gasteiger partial charge is 0.449 e. The van der Waals surface area contributed by atoms with E-state index in [1.807, 2.05) is 13.0 Å². The molecule has 1 aromatic carbocycles. The molecule has 0 N–H and O–H groups in total. The van der Waals surface area contributed by atoms with Gasteiger partial charge in [0.2, 0.25) is 10.0 Å². The van der Waals surface area contributed by atoms with Gasteiger partial charge in [0.05, 0.1) is 18.0 Å². The molecule has 6 heteroatoms. The standard InChI is InChI=1S/C11H13NO4S/c1-3-16-11(13)12-10-6-4-5-8(2)9(10)7-17(12,14)15/h4-6H,3,7H2,1-2H3. The summed E-state index contributed by atoms with van der Waals surface area (Å²) in [6, 6.07) is 5.16. The van der Waals surface area contributed by atoms with E-state index in [-0.39, 0.29) is 12.4 Å². The van der Waals surface area contributed by atoms with Gasteiger partial charge in [0.15, 0.2) is 0 Å². The summed E-state index contributed by atoms with van der Waals surface area (Å²) in [5, 5.41) is 0. The van der Waals surface area contributed by atoms with Crippen molar-refractivity contribution in [1.29, 1.82) is 0 Å². The van der Waals surface area contributed by atoms with Gasteiger partial charge in [0.1, 0.15) is 0 Å². The third-order valence-electron chi connectivity index (χ3n) is 2.64. The summed E-state index contributed by atoms with van der Waals surface area (Å²) in [7, 11) is -3.63. The molecule has 0 unspecified atom stereocenters. The number of anilines is 1. The fourth-order valence-corrected chi connectivity index (χ4v) is 3.48. The van der Waals surface area contributed by atoms with Gasteiger partial charge in [0.25, 0.3) is 0 Å². The number of nitrogens with zero attached hydrogens (tertiary/aromatic N) is 1. The van der Waals surface area contributed by atoms with Gasteiger partial charge in [-0.25, -0.2) is 13.2 Å². The number of benzene rings is 1. The van der Waals surface area contributed by atoms with Crippen LogP contribution < -0.4 is 4.31 Å². The molecule has 1 aliphatic heterocycles. The Balaban J connectivity index is 2.53. The molecule has 0 saturated carbocycles. The van der Waals surface area contributed by atoms with Gasteiger partial charge in [-0.1, -0.05) is 12.1 Å². The highest BCUT2D eigenvalue weighted by Gasteiger charge is 2.39. The second kappa shape index (κ2) is 4.03. The Labute approximate surface area is 100 Å². The van der Waals surface area contributed by atoms with Gasteiger partial charge in [-0.3, -0.25) is 0 Å². The number of sulfonamides is 1. The number of rotatable bonds is 1. The molecule has 0 saturated heterocycles. The van der Waals surface area contributed by atoms with Crippen molar-refractivity contribution in [3.05, 3.63) is 29.3 Å². The monoisotopic (exact) mass is 255 g/mol. The number of carbonyl (C=O) groups excluding carboxylic acids is 1. The average molecular weight is 255 g/mol. The molecule has 1 aromatic rings. The first-order valence-electron chi connectivity index (χ1n) is 5.25. The third kappa shape index (κ3) is 1.88. The van der Waals surface area contributed by atoms with Crippen LogP contribution >= 0.6 is 0 Å². The van der Waals surface area contributed by atoms with E-state index in [0.717, 1.165) is 9.87 Å². The fourth-order valence-electron chi connectivity index (χ4n) is 1.86. The summed E-state index contributed by atoms with van der Waals surface area (Å²) in [6.45, 7) is 3.60. The normalized spacial score (nSPS) is 16.7. The molecular formula is C11H13NO4S. The van der Waals surface area contributed by atoms with E-state index in [1.54, 1.807) is 19.1 Å². The van der Waals surface area contributed by atoms with Crippen LogP contribution in [0.15, 0.2) is 18.2 Å². The summed E-state index contributed by atoms with van der Waals surface area (Å²) in [6.07, 6.45) is -0.836. The van der Waals surface area contributed by atoms with Crippen LogP contribution in [-0.2, 0) is 20.5 Å². The Morgan fingerprint density at radius 3 is 2.82 bits per heavy atom. The Morgan fingerprint density at radius 2 is 2.18 bits per heavy atom.